The van der Waals surface area contributed by atoms with Gasteiger partial charge >= 0.3 is 0 Å². The molecule has 158 valence electrons. The second-order valence-electron chi connectivity index (χ2n) is 8.05. The molecule has 0 unspecified atom stereocenters. The molecule has 1 saturated carbocycles. The number of H-pyrrole nitrogens is 1. The number of carbonyl (C=O) groups is 1. The summed E-state index contributed by atoms with van der Waals surface area (Å²) in [4.78, 5) is 28.7. The summed E-state index contributed by atoms with van der Waals surface area (Å²) in [6, 6.07) is 5.35. The summed E-state index contributed by atoms with van der Waals surface area (Å²) in [6.07, 6.45) is 4.09. The molecular weight excluding hydrogens is 386 g/mol. The number of aromatic nitrogens is 2. The summed E-state index contributed by atoms with van der Waals surface area (Å²) in [6.45, 7) is 8.15. The number of hydrogen-bond acceptors (Lipinski definition) is 4. The van der Waals surface area contributed by atoms with Crippen molar-refractivity contribution < 1.29 is 9.53 Å². The predicted octanol–water partition coefficient (Wildman–Crippen LogP) is 4.04. The van der Waals surface area contributed by atoms with Crippen LogP contribution < -0.4 is 10.9 Å². The van der Waals surface area contributed by atoms with Gasteiger partial charge in [-0.25, -0.2) is 0 Å². The lowest BCUT2D eigenvalue weighted by Gasteiger charge is -2.34. The fraction of sp³-hybridized carbons (Fsp3) is 0.591. The average Bonchev–Trinajstić information content (AvgIpc) is 2.70. The third-order valence-electron chi connectivity index (χ3n) is 6.14. The van der Waals surface area contributed by atoms with Crippen LogP contribution in [0.15, 0.2) is 23.0 Å². The van der Waals surface area contributed by atoms with Gasteiger partial charge in [-0.1, -0.05) is 26.7 Å². The summed E-state index contributed by atoms with van der Waals surface area (Å²) in [5.74, 6) is 0.976. The van der Waals surface area contributed by atoms with E-state index in [9.17, 15) is 9.59 Å². The Morgan fingerprint density at radius 1 is 1.34 bits per heavy atom. The van der Waals surface area contributed by atoms with Crippen LogP contribution in [0.2, 0.25) is 0 Å². The number of carbonyl (C=O) groups excluding carboxylic acids is 1. The summed E-state index contributed by atoms with van der Waals surface area (Å²) in [5, 5.41) is 3.72. The Labute approximate surface area is 176 Å². The second-order valence-corrected chi connectivity index (χ2v) is 8.43. The van der Waals surface area contributed by atoms with Crippen molar-refractivity contribution in [1.29, 1.82) is 0 Å². The summed E-state index contributed by atoms with van der Waals surface area (Å²) >= 11 is 5.38. The van der Waals surface area contributed by atoms with Gasteiger partial charge in [0.1, 0.15) is 0 Å². The first-order valence-corrected chi connectivity index (χ1v) is 11.0. The van der Waals surface area contributed by atoms with Crippen molar-refractivity contribution in [3.05, 3.63) is 38.9 Å². The van der Waals surface area contributed by atoms with Crippen molar-refractivity contribution in [2.24, 2.45) is 11.8 Å². The van der Waals surface area contributed by atoms with E-state index in [1.54, 1.807) is 22.8 Å². The van der Waals surface area contributed by atoms with Gasteiger partial charge in [0.2, 0.25) is 0 Å². The zero-order valence-electron chi connectivity index (χ0n) is 17.5. The third kappa shape index (κ3) is 4.95. The molecule has 1 heterocycles. The molecule has 1 amide bonds. The Balaban J connectivity index is 1.80. The van der Waals surface area contributed by atoms with Gasteiger partial charge in [0, 0.05) is 31.4 Å². The molecule has 2 aromatic rings. The first kappa shape index (κ1) is 21.7. The quantitative estimate of drug-likeness (QED) is 0.527. The van der Waals surface area contributed by atoms with Crippen LogP contribution in [0.1, 0.15) is 56.8 Å². The number of fused-ring (bicyclic) bond motifs is 1. The highest BCUT2D eigenvalue weighted by atomic mass is 32.1. The smallest absolute Gasteiger partial charge is 0.262 e. The number of rotatable bonds is 7. The number of amides is 1. The zero-order valence-corrected chi connectivity index (χ0v) is 18.3. The normalized spacial score (nSPS) is 22.0. The highest BCUT2D eigenvalue weighted by Crippen LogP contribution is 2.29. The second kappa shape index (κ2) is 9.67. The Morgan fingerprint density at radius 2 is 2.14 bits per heavy atom. The molecule has 1 fully saturated rings. The summed E-state index contributed by atoms with van der Waals surface area (Å²) < 4.78 is 7.26. The highest BCUT2D eigenvalue weighted by molar-refractivity contribution is 7.71. The van der Waals surface area contributed by atoms with Gasteiger partial charge < -0.3 is 15.0 Å². The van der Waals surface area contributed by atoms with Gasteiger partial charge in [-0.15, -0.1) is 0 Å². The Hall–Kier alpha value is -1.99. The molecule has 0 saturated heterocycles. The molecule has 1 aliphatic carbocycles. The van der Waals surface area contributed by atoms with Gasteiger partial charge in [-0.05, 0) is 62.0 Å². The Bertz CT molecular complexity index is 981. The van der Waals surface area contributed by atoms with E-state index in [0.29, 0.717) is 52.8 Å². The molecule has 6 nitrogen and oxygen atoms in total. The monoisotopic (exact) mass is 417 g/mol. The molecule has 3 rings (SSSR count). The number of benzene rings is 1. The van der Waals surface area contributed by atoms with Crippen LogP contribution in [0.4, 0.5) is 0 Å². The van der Waals surface area contributed by atoms with Crippen LogP contribution >= 0.6 is 12.2 Å². The average molecular weight is 418 g/mol. The van der Waals surface area contributed by atoms with Crippen LogP contribution in [0.5, 0.6) is 0 Å². The number of nitrogens with zero attached hydrogens (tertiary/aromatic N) is 1. The van der Waals surface area contributed by atoms with Gasteiger partial charge in [0.05, 0.1) is 10.9 Å². The lowest BCUT2D eigenvalue weighted by Crippen LogP contribution is -2.43. The van der Waals surface area contributed by atoms with Crippen LogP contribution in [0.25, 0.3) is 10.9 Å². The van der Waals surface area contributed by atoms with E-state index in [0.717, 1.165) is 19.3 Å². The number of nitrogens with one attached hydrogen (secondary N) is 2. The third-order valence-corrected chi connectivity index (χ3v) is 6.46. The SMILES string of the molecule is CCOCCCn1c(=S)[nH]c2cc(C(=O)N[C@@H]3CCC[C@H](C)[C@H]3C)ccc2c1=O. The van der Waals surface area contributed by atoms with E-state index in [1.165, 1.54) is 6.42 Å². The van der Waals surface area contributed by atoms with Gasteiger partial charge in [-0.2, -0.15) is 0 Å². The summed E-state index contributed by atoms with van der Waals surface area (Å²) in [7, 11) is 0. The number of hydrogen-bond donors (Lipinski definition) is 2. The van der Waals surface area contributed by atoms with Crippen molar-refractivity contribution >= 4 is 29.0 Å². The predicted molar refractivity (Wildman–Crippen MR) is 118 cm³/mol. The summed E-state index contributed by atoms with van der Waals surface area (Å²) in [5.41, 5.74) is 1.00. The minimum atomic E-state index is -0.137. The van der Waals surface area contributed by atoms with Crippen LogP contribution in [-0.2, 0) is 11.3 Å². The largest absolute Gasteiger partial charge is 0.382 e. The zero-order chi connectivity index (χ0) is 21.0. The fourth-order valence-electron chi connectivity index (χ4n) is 4.11. The lowest BCUT2D eigenvalue weighted by molar-refractivity contribution is 0.0891. The number of ether oxygens (including phenoxy) is 1. The first-order chi connectivity index (χ1) is 13.9. The minimum absolute atomic E-state index is 0.0990. The number of aromatic amines is 1. The van der Waals surface area contributed by atoms with E-state index in [2.05, 4.69) is 24.1 Å². The van der Waals surface area contributed by atoms with Crippen LogP contribution in [0, 0.1) is 16.6 Å². The molecule has 0 bridgehead atoms. The first-order valence-electron chi connectivity index (χ1n) is 10.6. The molecule has 29 heavy (non-hydrogen) atoms. The highest BCUT2D eigenvalue weighted by Gasteiger charge is 2.28. The van der Waals surface area contributed by atoms with Crippen LogP contribution in [-0.4, -0.2) is 34.7 Å². The maximum Gasteiger partial charge on any atom is 0.262 e. The minimum Gasteiger partial charge on any atom is -0.382 e. The molecule has 0 radical (unpaired) electrons. The standard InChI is InChI=1S/C22H31N3O3S/c1-4-28-12-6-11-25-21(27)17-10-9-16(13-19(17)24-22(25)29)20(26)23-18-8-5-7-14(2)15(18)3/h9-10,13-15,18H,4-8,11-12H2,1-3H3,(H,23,26)(H,24,29)/t14-,15+,18+/m0/s1. The Kier molecular flexibility index (Phi) is 7.24. The molecular formula is C22H31N3O3S. The van der Waals surface area contributed by atoms with E-state index < -0.39 is 0 Å². The maximum atomic E-state index is 12.8. The Morgan fingerprint density at radius 3 is 2.90 bits per heavy atom. The van der Waals surface area contributed by atoms with Crippen molar-refractivity contribution in [3.8, 4) is 0 Å². The maximum absolute atomic E-state index is 12.8. The lowest BCUT2D eigenvalue weighted by atomic mass is 9.78. The van der Waals surface area contributed by atoms with Crippen molar-refractivity contribution in [3.63, 3.8) is 0 Å². The van der Waals surface area contributed by atoms with E-state index in [-0.39, 0.29) is 17.5 Å². The van der Waals surface area contributed by atoms with Crippen molar-refractivity contribution in [2.45, 2.75) is 59.0 Å². The van der Waals surface area contributed by atoms with Gasteiger partial charge in [0.25, 0.3) is 11.5 Å². The van der Waals surface area contributed by atoms with E-state index in [1.807, 2.05) is 6.92 Å². The van der Waals surface area contributed by atoms with E-state index >= 15 is 0 Å². The molecule has 7 heteroatoms. The van der Waals surface area contributed by atoms with E-state index in [4.69, 9.17) is 17.0 Å². The molecule has 1 aromatic carbocycles. The van der Waals surface area contributed by atoms with Crippen molar-refractivity contribution in [2.75, 3.05) is 13.2 Å². The van der Waals surface area contributed by atoms with Gasteiger partial charge in [-0.3, -0.25) is 14.2 Å². The van der Waals surface area contributed by atoms with Gasteiger partial charge in [0.15, 0.2) is 4.77 Å². The topological polar surface area (TPSA) is 76.1 Å². The van der Waals surface area contributed by atoms with Crippen molar-refractivity contribution in [1.82, 2.24) is 14.9 Å². The molecule has 1 aromatic heterocycles. The molecule has 0 spiro atoms. The molecule has 3 atom stereocenters. The molecule has 0 aliphatic heterocycles. The molecule has 1 aliphatic rings. The molecule has 2 N–H and O–H groups in total. The fourth-order valence-corrected chi connectivity index (χ4v) is 4.39. The van der Waals surface area contributed by atoms with Crippen LogP contribution in [0.3, 0.4) is 0 Å².